The summed E-state index contributed by atoms with van der Waals surface area (Å²) in [6.45, 7) is 8.70. The normalized spacial score (nSPS) is 13.5. The standard InChI is InChI=1S/C14H28N4/c1-12(2)15-8-6-7-13(3)18(5)11-14-16-9-10-17(14)4/h9-10,12-13,15H,6-8,11H2,1-5H3. The summed E-state index contributed by atoms with van der Waals surface area (Å²) < 4.78 is 2.09. The summed E-state index contributed by atoms with van der Waals surface area (Å²) in [5.74, 6) is 1.13. The van der Waals surface area contributed by atoms with Crippen LogP contribution in [0.15, 0.2) is 12.4 Å². The van der Waals surface area contributed by atoms with E-state index in [9.17, 15) is 0 Å². The second-order valence-electron chi connectivity index (χ2n) is 5.47. The quantitative estimate of drug-likeness (QED) is 0.719. The number of nitrogens with zero attached hydrogens (tertiary/aromatic N) is 3. The van der Waals surface area contributed by atoms with Crippen LogP contribution in [0.2, 0.25) is 0 Å². The molecule has 0 aliphatic heterocycles. The fraction of sp³-hybridized carbons (Fsp3) is 0.786. The molecular formula is C14H28N4. The van der Waals surface area contributed by atoms with E-state index < -0.39 is 0 Å². The Kier molecular flexibility index (Phi) is 6.36. The van der Waals surface area contributed by atoms with Gasteiger partial charge >= 0.3 is 0 Å². The van der Waals surface area contributed by atoms with Gasteiger partial charge in [-0.2, -0.15) is 0 Å². The van der Waals surface area contributed by atoms with Crippen LogP contribution in [0.25, 0.3) is 0 Å². The third-order valence-corrected chi connectivity index (χ3v) is 3.42. The molecule has 18 heavy (non-hydrogen) atoms. The first kappa shape index (κ1) is 15.2. The van der Waals surface area contributed by atoms with Gasteiger partial charge in [0.05, 0.1) is 6.54 Å². The van der Waals surface area contributed by atoms with Crippen molar-refractivity contribution in [1.29, 1.82) is 0 Å². The Hall–Kier alpha value is -0.870. The maximum Gasteiger partial charge on any atom is 0.122 e. The minimum Gasteiger partial charge on any atom is -0.337 e. The maximum absolute atomic E-state index is 4.37. The van der Waals surface area contributed by atoms with Crippen LogP contribution >= 0.6 is 0 Å². The van der Waals surface area contributed by atoms with Gasteiger partial charge in [0, 0.05) is 31.5 Å². The number of imidazole rings is 1. The van der Waals surface area contributed by atoms with E-state index in [4.69, 9.17) is 0 Å². The molecule has 0 radical (unpaired) electrons. The molecule has 0 saturated heterocycles. The third kappa shape index (κ3) is 5.19. The zero-order chi connectivity index (χ0) is 13.5. The van der Waals surface area contributed by atoms with E-state index in [0.717, 1.165) is 18.9 Å². The average Bonchev–Trinajstić information content (AvgIpc) is 2.70. The van der Waals surface area contributed by atoms with Gasteiger partial charge < -0.3 is 9.88 Å². The molecule has 1 unspecified atom stereocenters. The SMILES string of the molecule is CC(C)NCCCC(C)N(C)Cc1nccn1C. The molecule has 0 saturated carbocycles. The van der Waals surface area contributed by atoms with Gasteiger partial charge in [-0.3, -0.25) is 4.90 Å². The number of aryl methyl sites for hydroxylation is 1. The van der Waals surface area contributed by atoms with Gasteiger partial charge in [-0.1, -0.05) is 13.8 Å². The van der Waals surface area contributed by atoms with Crippen LogP contribution in [-0.4, -0.2) is 40.1 Å². The lowest BCUT2D eigenvalue weighted by molar-refractivity contribution is 0.226. The molecule has 0 spiro atoms. The highest BCUT2D eigenvalue weighted by molar-refractivity contribution is 4.91. The third-order valence-electron chi connectivity index (χ3n) is 3.42. The van der Waals surface area contributed by atoms with E-state index >= 15 is 0 Å². The fourth-order valence-electron chi connectivity index (χ4n) is 1.94. The van der Waals surface area contributed by atoms with Gasteiger partial charge in [0.25, 0.3) is 0 Å². The van der Waals surface area contributed by atoms with E-state index in [1.807, 2.05) is 19.4 Å². The molecule has 104 valence electrons. The van der Waals surface area contributed by atoms with E-state index in [-0.39, 0.29) is 0 Å². The highest BCUT2D eigenvalue weighted by Gasteiger charge is 2.11. The Morgan fingerprint density at radius 1 is 1.39 bits per heavy atom. The van der Waals surface area contributed by atoms with Crippen LogP contribution in [0.1, 0.15) is 39.4 Å². The molecule has 0 aliphatic rings. The van der Waals surface area contributed by atoms with Crippen LogP contribution in [0.4, 0.5) is 0 Å². The molecule has 1 heterocycles. The molecule has 1 aromatic rings. The van der Waals surface area contributed by atoms with Crippen LogP contribution in [0.3, 0.4) is 0 Å². The second-order valence-corrected chi connectivity index (χ2v) is 5.47. The molecule has 4 heteroatoms. The van der Waals surface area contributed by atoms with Crippen molar-refractivity contribution in [3.05, 3.63) is 18.2 Å². The van der Waals surface area contributed by atoms with Crippen molar-refractivity contribution in [2.24, 2.45) is 7.05 Å². The molecule has 0 amide bonds. The van der Waals surface area contributed by atoms with Gasteiger partial charge in [0.2, 0.25) is 0 Å². The number of rotatable bonds is 8. The van der Waals surface area contributed by atoms with Crippen molar-refractivity contribution in [1.82, 2.24) is 19.8 Å². The predicted molar refractivity (Wildman–Crippen MR) is 76.5 cm³/mol. The summed E-state index contributed by atoms with van der Waals surface area (Å²) in [5.41, 5.74) is 0. The molecule has 4 nitrogen and oxygen atoms in total. The monoisotopic (exact) mass is 252 g/mol. The summed E-state index contributed by atoms with van der Waals surface area (Å²) >= 11 is 0. The summed E-state index contributed by atoms with van der Waals surface area (Å²) in [4.78, 5) is 6.74. The van der Waals surface area contributed by atoms with Gasteiger partial charge in [0.15, 0.2) is 0 Å². The largest absolute Gasteiger partial charge is 0.337 e. The minimum atomic E-state index is 0.589. The lowest BCUT2D eigenvalue weighted by Gasteiger charge is -2.24. The van der Waals surface area contributed by atoms with Crippen LogP contribution in [0.5, 0.6) is 0 Å². The summed E-state index contributed by atoms with van der Waals surface area (Å²) in [5, 5.41) is 3.46. The highest BCUT2D eigenvalue weighted by Crippen LogP contribution is 2.08. The molecule has 1 rings (SSSR count). The molecule has 1 N–H and O–H groups in total. The summed E-state index contributed by atoms with van der Waals surface area (Å²) in [6, 6.07) is 1.18. The Balaban J connectivity index is 2.24. The van der Waals surface area contributed by atoms with Crippen molar-refractivity contribution in [3.63, 3.8) is 0 Å². The molecule has 0 fully saturated rings. The predicted octanol–water partition coefficient (Wildman–Crippen LogP) is 2.02. The Morgan fingerprint density at radius 2 is 2.11 bits per heavy atom. The number of aromatic nitrogens is 2. The van der Waals surface area contributed by atoms with E-state index in [2.05, 4.69) is 47.6 Å². The first-order valence-corrected chi connectivity index (χ1v) is 6.90. The number of hydrogen-bond acceptors (Lipinski definition) is 3. The first-order chi connectivity index (χ1) is 8.50. The van der Waals surface area contributed by atoms with E-state index in [0.29, 0.717) is 12.1 Å². The van der Waals surface area contributed by atoms with Crippen LogP contribution in [-0.2, 0) is 13.6 Å². The van der Waals surface area contributed by atoms with Crippen molar-refractivity contribution < 1.29 is 0 Å². The molecule has 1 aromatic heterocycles. The molecule has 1 atom stereocenters. The van der Waals surface area contributed by atoms with E-state index in [1.54, 1.807) is 0 Å². The van der Waals surface area contributed by atoms with E-state index in [1.165, 1.54) is 12.8 Å². The molecule has 0 bridgehead atoms. The maximum atomic E-state index is 4.37. The van der Waals surface area contributed by atoms with Gasteiger partial charge in [0.1, 0.15) is 5.82 Å². The average molecular weight is 252 g/mol. The number of hydrogen-bond donors (Lipinski definition) is 1. The van der Waals surface area contributed by atoms with Crippen molar-refractivity contribution in [2.45, 2.75) is 52.2 Å². The zero-order valence-corrected chi connectivity index (χ0v) is 12.5. The second kappa shape index (κ2) is 7.54. The van der Waals surface area contributed by atoms with Gasteiger partial charge in [-0.15, -0.1) is 0 Å². The summed E-state index contributed by atoms with van der Waals surface area (Å²) in [7, 11) is 4.22. The Bertz CT molecular complexity index is 332. The highest BCUT2D eigenvalue weighted by atomic mass is 15.2. The summed E-state index contributed by atoms with van der Waals surface area (Å²) in [6.07, 6.45) is 6.31. The lowest BCUT2D eigenvalue weighted by Crippen LogP contribution is -2.31. The smallest absolute Gasteiger partial charge is 0.122 e. The first-order valence-electron chi connectivity index (χ1n) is 6.90. The Morgan fingerprint density at radius 3 is 2.67 bits per heavy atom. The van der Waals surface area contributed by atoms with Crippen molar-refractivity contribution >= 4 is 0 Å². The fourth-order valence-corrected chi connectivity index (χ4v) is 1.94. The minimum absolute atomic E-state index is 0.589. The molecular weight excluding hydrogens is 224 g/mol. The number of nitrogens with one attached hydrogen (secondary N) is 1. The topological polar surface area (TPSA) is 33.1 Å². The molecule has 0 aromatic carbocycles. The van der Waals surface area contributed by atoms with Gasteiger partial charge in [-0.25, -0.2) is 4.98 Å². The van der Waals surface area contributed by atoms with Crippen LogP contribution < -0.4 is 5.32 Å². The van der Waals surface area contributed by atoms with Gasteiger partial charge in [-0.05, 0) is 33.4 Å². The van der Waals surface area contributed by atoms with Crippen molar-refractivity contribution in [2.75, 3.05) is 13.6 Å². The Labute approximate surface area is 111 Å². The van der Waals surface area contributed by atoms with Crippen LogP contribution in [0, 0.1) is 0 Å². The lowest BCUT2D eigenvalue weighted by atomic mass is 10.1. The van der Waals surface area contributed by atoms with Crippen molar-refractivity contribution in [3.8, 4) is 0 Å². The molecule has 0 aliphatic carbocycles. The zero-order valence-electron chi connectivity index (χ0n) is 12.5.